The average Bonchev–Trinajstić information content (AvgIpc) is 2.92. The van der Waals surface area contributed by atoms with Gasteiger partial charge in [0.1, 0.15) is 5.82 Å². The minimum Gasteiger partial charge on any atom is -0.472 e. The molecule has 0 saturated carbocycles. The van der Waals surface area contributed by atoms with E-state index in [-0.39, 0.29) is 5.56 Å². The van der Waals surface area contributed by atoms with Crippen LogP contribution in [0, 0.1) is 0 Å². The SMILES string of the molecule is O=c1[nH]c(CNCc2ccoc2)nc2ccccc12. The summed E-state index contributed by atoms with van der Waals surface area (Å²) >= 11 is 0. The van der Waals surface area contributed by atoms with Crippen molar-refractivity contribution in [2.75, 3.05) is 0 Å². The predicted octanol–water partition coefficient (Wildman–Crippen LogP) is 1.81. The lowest BCUT2D eigenvalue weighted by Gasteiger charge is -2.04. The van der Waals surface area contributed by atoms with Crippen LogP contribution in [-0.2, 0) is 13.1 Å². The quantitative estimate of drug-likeness (QED) is 0.745. The molecule has 2 heterocycles. The number of aromatic amines is 1. The zero-order chi connectivity index (χ0) is 13.1. The van der Waals surface area contributed by atoms with Crippen LogP contribution < -0.4 is 10.9 Å². The lowest BCUT2D eigenvalue weighted by molar-refractivity contribution is 0.559. The standard InChI is InChI=1S/C14H13N3O2/c18-14-11-3-1-2-4-12(11)16-13(17-14)8-15-7-10-5-6-19-9-10/h1-6,9,15H,7-8H2,(H,16,17,18). The van der Waals surface area contributed by atoms with Crippen LogP contribution in [-0.4, -0.2) is 9.97 Å². The van der Waals surface area contributed by atoms with Crippen LogP contribution in [0.3, 0.4) is 0 Å². The Kier molecular flexibility index (Phi) is 3.12. The first-order valence-corrected chi connectivity index (χ1v) is 6.02. The molecule has 3 rings (SSSR count). The first kappa shape index (κ1) is 11.7. The largest absolute Gasteiger partial charge is 0.472 e. The summed E-state index contributed by atoms with van der Waals surface area (Å²) in [5, 5.41) is 3.82. The van der Waals surface area contributed by atoms with E-state index in [4.69, 9.17) is 4.42 Å². The Labute approximate surface area is 109 Å². The van der Waals surface area contributed by atoms with E-state index in [9.17, 15) is 4.79 Å². The van der Waals surface area contributed by atoms with E-state index in [1.165, 1.54) is 0 Å². The summed E-state index contributed by atoms with van der Waals surface area (Å²) in [6.45, 7) is 1.18. The fourth-order valence-corrected chi connectivity index (χ4v) is 1.94. The summed E-state index contributed by atoms with van der Waals surface area (Å²) in [4.78, 5) is 19.0. The minimum absolute atomic E-state index is 0.106. The van der Waals surface area contributed by atoms with Gasteiger partial charge < -0.3 is 14.7 Å². The Bertz CT molecular complexity index is 732. The molecule has 0 saturated heterocycles. The maximum Gasteiger partial charge on any atom is 0.258 e. The molecule has 96 valence electrons. The molecule has 0 atom stereocenters. The fourth-order valence-electron chi connectivity index (χ4n) is 1.94. The minimum atomic E-state index is -0.106. The van der Waals surface area contributed by atoms with E-state index < -0.39 is 0 Å². The molecule has 0 aliphatic carbocycles. The number of hydrogen-bond acceptors (Lipinski definition) is 4. The zero-order valence-electron chi connectivity index (χ0n) is 10.2. The first-order valence-electron chi connectivity index (χ1n) is 6.02. The van der Waals surface area contributed by atoms with E-state index >= 15 is 0 Å². The van der Waals surface area contributed by atoms with E-state index in [1.807, 2.05) is 24.3 Å². The number of nitrogens with zero attached hydrogens (tertiary/aromatic N) is 1. The van der Waals surface area contributed by atoms with Gasteiger partial charge in [-0.05, 0) is 18.2 Å². The first-order chi connectivity index (χ1) is 9.33. The molecule has 5 heteroatoms. The number of benzene rings is 1. The highest BCUT2D eigenvalue weighted by Crippen LogP contribution is 2.05. The van der Waals surface area contributed by atoms with Gasteiger partial charge in [0.25, 0.3) is 5.56 Å². The molecular weight excluding hydrogens is 242 g/mol. The average molecular weight is 255 g/mol. The van der Waals surface area contributed by atoms with Gasteiger partial charge in [0.15, 0.2) is 0 Å². The van der Waals surface area contributed by atoms with Gasteiger partial charge in [0, 0.05) is 12.1 Å². The van der Waals surface area contributed by atoms with Crippen molar-refractivity contribution in [3.05, 3.63) is 64.6 Å². The highest BCUT2D eigenvalue weighted by atomic mass is 16.3. The van der Waals surface area contributed by atoms with Crippen molar-refractivity contribution >= 4 is 10.9 Å². The van der Waals surface area contributed by atoms with Crippen LogP contribution in [0.15, 0.2) is 52.1 Å². The maximum absolute atomic E-state index is 11.9. The molecule has 0 fully saturated rings. The molecule has 0 aliphatic rings. The van der Waals surface area contributed by atoms with E-state index in [2.05, 4.69) is 15.3 Å². The summed E-state index contributed by atoms with van der Waals surface area (Å²) in [7, 11) is 0. The number of rotatable bonds is 4. The number of H-pyrrole nitrogens is 1. The number of hydrogen-bond donors (Lipinski definition) is 2. The summed E-state index contributed by atoms with van der Waals surface area (Å²) in [6, 6.07) is 9.20. The number of fused-ring (bicyclic) bond motifs is 1. The van der Waals surface area contributed by atoms with Crippen molar-refractivity contribution in [2.45, 2.75) is 13.1 Å². The number of nitrogens with one attached hydrogen (secondary N) is 2. The zero-order valence-corrected chi connectivity index (χ0v) is 10.2. The predicted molar refractivity (Wildman–Crippen MR) is 71.6 cm³/mol. The highest BCUT2D eigenvalue weighted by Gasteiger charge is 2.02. The third-order valence-electron chi connectivity index (χ3n) is 2.86. The lowest BCUT2D eigenvalue weighted by Crippen LogP contribution is -2.19. The van der Waals surface area contributed by atoms with Crippen molar-refractivity contribution in [1.29, 1.82) is 0 Å². The second kappa shape index (κ2) is 5.07. The van der Waals surface area contributed by atoms with Crippen LogP contribution in [0.25, 0.3) is 10.9 Å². The molecule has 0 bridgehead atoms. The third-order valence-corrected chi connectivity index (χ3v) is 2.86. The molecule has 3 aromatic rings. The summed E-state index contributed by atoms with van der Waals surface area (Å²) in [5.74, 6) is 0.632. The Morgan fingerprint density at radius 1 is 1.21 bits per heavy atom. The van der Waals surface area contributed by atoms with Crippen LogP contribution in [0.1, 0.15) is 11.4 Å². The van der Waals surface area contributed by atoms with Gasteiger partial charge in [0.2, 0.25) is 0 Å². The van der Waals surface area contributed by atoms with Gasteiger partial charge >= 0.3 is 0 Å². The van der Waals surface area contributed by atoms with Gasteiger partial charge in [0.05, 0.1) is 30.0 Å². The molecule has 0 unspecified atom stereocenters. The summed E-state index contributed by atoms with van der Waals surface area (Å²) < 4.78 is 4.98. The van der Waals surface area contributed by atoms with E-state index in [0.717, 1.165) is 5.56 Å². The van der Waals surface area contributed by atoms with Crippen molar-refractivity contribution in [1.82, 2.24) is 15.3 Å². The van der Waals surface area contributed by atoms with Crippen molar-refractivity contribution in [3.63, 3.8) is 0 Å². The summed E-state index contributed by atoms with van der Waals surface area (Å²) in [6.07, 6.45) is 3.32. The van der Waals surface area contributed by atoms with Crippen LogP contribution in [0.2, 0.25) is 0 Å². The normalized spacial score (nSPS) is 10.9. The second-order valence-corrected chi connectivity index (χ2v) is 4.26. The van der Waals surface area contributed by atoms with E-state index in [1.54, 1.807) is 18.6 Å². The van der Waals surface area contributed by atoms with Gasteiger partial charge in [-0.1, -0.05) is 12.1 Å². The fraction of sp³-hybridized carbons (Fsp3) is 0.143. The Balaban J connectivity index is 1.76. The molecule has 0 amide bonds. The van der Waals surface area contributed by atoms with Crippen LogP contribution >= 0.6 is 0 Å². The molecule has 5 nitrogen and oxygen atoms in total. The summed E-state index contributed by atoms with van der Waals surface area (Å²) in [5.41, 5.74) is 1.67. The molecule has 2 N–H and O–H groups in total. The Hall–Kier alpha value is -2.40. The smallest absolute Gasteiger partial charge is 0.258 e. The third kappa shape index (κ3) is 2.56. The monoisotopic (exact) mass is 255 g/mol. The second-order valence-electron chi connectivity index (χ2n) is 4.26. The Morgan fingerprint density at radius 2 is 2.11 bits per heavy atom. The van der Waals surface area contributed by atoms with Crippen molar-refractivity contribution in [3.8, 4) is 0 Å². The van der Waals surface area contributed by atoms with E-state index in [0.29, 0.717) is 29.8 Å². The van der Waals surface area contributed by atoms with Gasteiger partial charge in [-0.3, -0.25) is 4.79 Å². The van der Waals surface area contributed by atoms with Gasteiger partial charge in [-0.2, -0.15) is 0 Å². The van der Waals surface area contributed by atoms with Crippen molar-refractivity contribution < 1.29 is 4.42 Å². The van der Waals surface area contributed by atoms with Crippen molar-refractivity contribution in [2.24, 2.45) is 0 Å². The van der Waals surface area contributed by atoms with Crippen LogP contribution in [0.5, 0.6) is 0 Å². The highest BCUT2D eigenvalue weighted by molar-refractivity contribution is 5.77. The molecular formula is C14H13N3O2. The Morgan fingerprint density at radius 3 is 2.95 bits per heavy atom. The topological polar surface area (TPSA) is 70.9 Å². The molecule has 0 aliphatic heterocycles. The molecule has 19 heavy (non-hydrogen) atoms. The molecule has 2 aromatic heterocycles. The number of aromatic nitrogens is 2. The van der Waals surface area contributed by atoms with Gasteiger partial charge in [-0.25, -0.2) is 4.98 Å². The van der Waals surface area contributed by atoms with Crippen LogP contribution in [0.4, 0.5) is 0 Å². The molecule has 0 radical (unpaired) electrons. The number of para-hydroxylation sites is 1. The van der Waals surface area contributed by atoms with Gasteiger partial charge in [-0.15, -0.1) is 0 Å². The number of furan rings is 1. The molecule has 1 aromatic carbocycles. The lowest BCUT2D eigenvalue weighted by atomic mass is 10.2. The maximum atomic E-state index is 11.9. The molecule has 0 spiro atoms.